The van der Waals surface area contributed by atoms with Gasteiger partial charge in [-0.2, -0.15) is 5.10 Å². The van der Waals surface area contributed by atoms with Gasteiger partial charge in [-0.15, -0.1) is 0 Å². The Morgan fingerprint density at radius 3 is 2.33 bits per heavy atom. The number of aromatic nitrogens is 2. The van der Waals surface area contributed by atoms with Gasteiger partial charge < -0.3 is 19.1 Å². The Bertz CT molecular complexity index is 1060. The molecule has 4 rings (SSSR count). The molecule has 2 heterocycles. The molecule has 0 spiro atoms. The molecule has 1 aromatic heterocycles. The molecule has 30 heavy (non-hydrogen) atoms. The molecule has 0 saturated heterocycles. The fourth-order valence-corrected chi connectivity index (χ4v) is 4.01. The normalized spacial score (nSPS) is 15.3. The van der Waals surface area contributed by atoms with Gasteiger partial charge in [0.2, 0.25) is 0 Å². The summed E-state index contributed by atoms with van der Waals surface area (Å²) < 4.78 is 16.4. The molecule has 0 bridgehead atoms. The summed E-state index contributed by atoms with van der Waals surface area (Å²) in [5, 5.41) is 7.47. The Kier molecular flexibility index (Phi) is 5.35. The minimum absolute atomic E-state index is 0.0611. The summed E-state index contributed by atoms with van der Waals surface area (Å²) >= 11 is 0. The molecular weight excluding hydrogens is 382 g/mol. The van der Waals surface area contributed by atoms with E-state index in [4.69, 9.17) is 14.2 Å². The van der Waals surface area contributed by atoms with Crippen LogP contribution in [-0.2, 0) is 0 Å². The molecular formula is C23H25N3O4. The Morgan fingerprint density at radius 2 is 1.70 bits per heavy atom. The van der Waals surface area contributed by atoms with Crippen LogP contribution in [0, 0.1) is 0 Å². The average molecular weight is 407 g/mol. The lowest BCUT2D eigenvalue weighted by atomic mass is 9.95. The fourth-order valence-electron chi connectivity index (χ4n) is 4.01. The van der Waals surface area contributed by atoms with E-state index in [9.17, 15) is 4.79 Å². The van der Waals surface area contributed by atoms with E-state index in [-0.39, 0.29) is 11.9 Å². The summed E-state index contributed by atoms with van der Waals surface area (Å²) in [7, 11) is 4.89. The molecule has 1 N–H and O–H groups in total. The van der Waals surface area contributed by atoms with E-state index in [2.05, 4.69) is 17.1 Å². The van der Waals surface area contributed by atoms with Crippen LogP contribution in [0.1, 0.15) is 41.0 Å². The average Bonchev–Trinajstić information content (AvgIpc) is 3.33. The van der Waals surface area contributed by atoms with E-state index < -0.39 is 0 Å². The molecule has 1 aliphatic heterocycles. The number of benzene rings is 2. The number of fused-ring (bicyclic) bond motifs is 1. The lowest BCUT2D eigenvalue weighted by Gasteiger charge is -2.27. The third-order valence-electron chi connectivity index (χ3n) is 5.42. The number of methoxy groups -OCH3 is 3. The Balaban J connectivity index is 1.91. The highest BCUT2D eigenvalue weighted by Crippen LogP contribution is 2.46. The molecule has 7 heteroatoms. The lowest BCUT2D eigenvalue weighted by molar-refractivity contribution is 0.0742. The molecule has 0 radical (unpaired) electrons. The zero-order valence-electron chi connectivity index (χ0n) is 17.6. The van der Waals surface area contributed by atoms with E-state index >= 15 is 0 Å². The second kappa shape index (κ2) is 8.10. The molecule has 0 aliphatic carbocycles. The number of amides is 1. The first kappa shape index (κ1) is 19.8. The van der Waals surface area contributed by atoms with Crippen LogP contribution in [0.5, 0.6) is 17.2 Å². The van der Waals surface area contributed by atoms with E-state index in [0.717, 1.165) is 34.6 Å². The highest BCUT2D eigenvalue weighted by atomic mass is 16.5. The molecule has 0 fully saturated rings. The topological polar surface area (TPSA) is 76.7 Å². The van der Waals surface area contributed by atoms with Crippen molar-refractivity contribution < 1.29 is 19.0 Å². The van der Waals surface area contributed by atoms with Crippen LogP contribution in [-0.4, -0.2) is 48.9 Å². The third-order valence-corrected chi connectivity index (χ3v) is 5.42. The number of carbonyl (C=O) groups is 1. The van der Waals surface area contributed by atoms with Gasteiger partial charge in [-0.25, -0.2) is 0 Å². The van der Waals surface area contributed by atoms with Crippen molar-refractivity contribution in [3.8, 4) is 28.5 Å². The summed E-state index contributed by atoms with van der Waals surface area (Å²) in [5.41, 5.74) is 3.89. The van der Waals surface area contributed by atoms with Gasteiger partial charge in [0.05, 0.1) is 33.1 Å². The molecule has 3 aromatic rings. The maximum atomic E-state index is 13.2. The summed E-state index contributed by atoms with van der Waals surface area (Å²) in [6, 6.07) is 13.0. The minimum atomic E-state index is -0.326. The first-order valence-electron chi connectivity index (χ1n) is 9.88. The Morgan fingerprint density at radius 1 is 1.00 bits per heavy atom. The van der Waals surface area contributed by atoms with Gasteiger partial charge in [-0.3, -0.25) is 9.89 Å². The minimum Gasteiger partial charge on any atom is -0.497 e. The molecule has 2 aromatic carbocycles. The second-order valence-corrected chi connectivity index (χ2v) is 7.10. The van der Waals surface area contributed by atoms with E-state index in [1.807, 2.05) is 47.4 Å². The number of H-pyrrole nitrogens is 1. The number of hydrogen-bond acceptors (Lipinski definition) is 5. The van der Waals surface area contributed by atoms with Crippen LogP contribution in [0.25, 0.3) is 11.3 Å². The number of nitrogens with one attached hydrogen (secondary N) is 1. The van der Waals surface area contributed by atoms with Crippen molar-refractivity contribution in [1.29, 1.82) is 0 Å². The van der Waals surface area contributed by atoms with Crippen molar-refractivity contribution in [3.63, 3.8) is 0 Å². The van der Waals surface area contributed by atoms with Gasteiger partial charge in [-0.1, -0.05) is 6.92 Å². The van der Waals surface area contributed by atoms with Crippen molar-refractivity contribution in [2.75, 3.05) is 27.9 Å². The molecule has 0 unspecified atom stereocenters. The Labute approximate surface area is 175 Å². The van der Waals surface area contributed by atoms with Crippen LogP contribution in [0.4, 0.5) is 0 Å². The van der Waals surface area contributed by atoms with Crippen LogP contribution in [0.2, 0.25) is 0 Å². The van der Waals surface area contributed by atoms with Crippen molar-refractivity contribution in [1.82, 2.24) is 15.1 Å². The zero-order chi connectivity index (χ0) is 21.3. The van der Waals surface area contributed by atoms with Crippen LogP contribution in [0.15, 0.2) is 42.5 Å². The molecule has 1 aliphatic rings. The number of hydrogen-bond donors (Lipinski definition) is 1. The monoisotopic (exact) mass is 407 g/mol. The fraction of sp³-hybridized carbons (Fsp3) is 0.304. The maximum Gasteiger partial charge on any atom is 0.273 e. The molecule has 0 saturated carbocycles. The van der Waals surface area contributed by atoms with E-state index in [1.54, 1.807) is 21.3 Å². The summed E-state index contributed by atoms with van der Waals surface area (Å²) in [6.07, 6.45) is 0.837. The quantitative estimate of drug-likeness (QED) is 0.639. The third kappa shape index (κ3) is 3.16. The molecule has 156 valence electrons. The molecule has 1 amide bonds. The van der Waals surface area contributed by atoms with Gasteiger partial charge in [-0.05, 0) is 48.9 Å². The van der Waals surface area contributed by atoms with Crippen molar-refractivity contribution in [2.45, 2.75) is 19.4 Å². The van der Waals surface area contributed by atoms with Crippen molar-refractivity contribution in [2.24, 2.45) is 0 Å². The number of ether oxygens (including phenoxy) is 3. The van der Waals surface area contributed by atoms with Gasteiger partial charge >= 0.3 is 0 Å². The number of carbonyl (C=O) groups excluding carboxylic acids is 1. The number of rotatable bonds is 7. The van der Waals surface area contributed by atoms with E-state index in [1.165, 1.54) is 0 Å². The first-order valence-corrected chi connectivity index (χ1v) is 9.88. The summed E-state index contributed by atoms with van der Waals surface area (Å²) in [4.78, 5) is 15.1. The first-order chi connectivity index (χ1) is 14.6. The predicted molar refractivity (Wildman–Crippen MR) is 113 cm³/mol. The van der Waals surface area contributed by atoms with Crippen LogP contribution < -0.4 is 14.2 Å². The lowest BCUT2D eigenvalue weighted by Crippen LogP contribution is -2.30. The van der Waals surface area contributed by atoms with Crippen LogP contribution in [0.3, 0.4) is 0 Å². The SMILES string of the molecule is CCCN1C(=O)c2[nH]nc(-c3ccc(OC)cc3)c2[C@H]1c1cc(OC)ccc1OC. The van der Waals surface area contributed by atoms with Crippen molar-refractivity contribution >= 4 is 5.91 Å². The number of aromatic amines is 1. The number of nitrogens with zero attached hydrogens (tertiary/aromatic N) is 2. The Hall–Kier alpha value is -3.48. The standard InChI is InChI=1S/C23H25N3O4/c1-5-12-26-22(17-13-16(29-3)10-11-18(17)30-4)19-20(24-25-21(19)23(26)27)14-6-8-15(28-2)9-7-14/h6-11,13,22H,5,12H2,1-4H3,(H,24,25)/t22-/m1/s1. The van der Waals surface area contributed by atoms with E-state index in [0.29, 0.717) is 23.7 Å². The highest BCUT2D eigenvalue weighted by Gasteiger charge is 2.43. The van der Waals surface area contributed by atoms with Crippen LogP contribution >= 0.6 is 0 Å². The zero-order valence-corrected chi connectivity index (χ0v) is 17.6. The van der Waals surface area contributed by atoms with Gasteiger partial charge in [0, 0.05) is 23.2 Å². The maximum absolute atomic E-state index is 13.2. The van der Waals surface area contributed by atoms with Crippen molar-refractivity contribution in [3.05, 3.63) is 59.3 Å². The summed E-state index contributed by atoms with van der Waals surface area (Å²) in [6.45, 7) is 2.68. The van der Waals surface area contributed by atoms with Gasteiger partial charge in [0.25, 0.3) is 5.91 Å². The highest BCUT2D eigenvalue weighted by molar-refractivity contribution is 6.00. The largest absolute Gasteiger partial charge is 0.497 e. The summed E-state index contributed by atoms with van der Waals surface area (Å²) in [5.74, 6) is 2.11. The van der Waals surface area contributed by atoms with Gasteiger partial charge in [0.1, 0.15) is 22.9 Å². The predicted octanol–water partition coefficient (Wildman–Crippen LogP) is 4.06. The molecule has 1 atom stereocenters. The van der Waals surface area contributed by atoms with Gasteiger partial charge in [0.15, 0.2) is 0 Å². The smallest absolute Gasteiger partial charge is 0.273 e. The second-order valence-electron chi connectivity index (χ2n) is 7.10. The molecule has 7 nitrogen and oxygen atoms in total.